The predicted octanol–water partition coefficient (Wildman–Crippen LogP) is 3.21. The van der Waals surface area contributed by atoms with Gasteiger partial charge in [-0.1, -0.05) is 41.3 Å². The van der Waals surface area contributed by atoms with Gasteiger partial charge in [0.05, 0.1) is 21.7 Å². The number of carbonyl (C=O) groups is 2. The van der Waals surface area contributed by atoms with E-state index in [1.165, 1.54) is 23.1 Å². The van der Waals surface area contributed by atoms with Crippen molar-refractivity contribution >= 4 is 40.0 Å². The number of benzene rings is 1. The third kappa shape index (κ3) is 5.89. The van der Waals surface area contributed by atoms with Crippen molar-refractivity contribution in [3.05, 3.63) is 41.6 Å². The van der Waals surface area contributed by atoms with Crippen molar-refractivity contribution in [2.45, 2.75) is 30.5 Å². The molecule has 2 N–H and O–H groups in total. The molecule has 0 spiro atoms. The van der Waals surface area contributed by atoms with E-state index in [1.807, 2.05) is 13.0 Å². The second-order valence-electron chi connectivity index (χ2n) is 5.33. The Kier molecular flexibility index (Phi) is 6.98. The maximum atomic E-state index is 12.1. The van der Waals surface area contributed by atoms with Crippen LogP contribution in [0.4, 0.5) is 5.13 Å². The number of carbonyl (C=O) groups excluding carboxylic acids is 2. The third-order valence-corrected chi connectivity index (χ3v) is 5.48. The average Bonchev–Trinajstić information content (AvgIpc) is 2.92. The van der Waals surface area contributed by atoms with E-state index >= 15 is 0 Å². The minimum atomic E-state index is -0.304. The summed E-state index contributed by atoms with van der Waals surface area (Å²) in [5.74, 6) is -0.0773. The van der Waals surface area contributed by atoms with E-state index in [-0.39, 0.29) is 24.3 Å². The summed E-state index contributed by atoms with van der Waals surface area (Å²) in [6.45, 7) is 3.62. The molecule has 1 heterocycles. The maximum absolute atomic E-state index is 12.1. The fourth-order valence-electron chi connectivity index (χ4n) is 2.06. The summed E-state index contributed by atoms with van der Waals surface area (Å²) in [6, 6.07) is 10.6. The van der Waals surface area contributed by atoms with Gasteiger partial charge in [-0.25, -0.2) is 4.98 Å². The third-order valence-electron chi connectivity index (χ3n) is 3.17. The summed E-state index contributed by atoms with van der Waals surface area (Å²) in [5, 5.41) is 14.7. The minimum Gasteiger partial charge on any atom is -0.349 e. The molecule has 2 amide bonds. The molecule has 0 unspecified atom stereocenters. The van der Waals surface area contributed by atoms with E-state index in [1.54, 1.807) is 31.2 Å². The van der Waals surface area contributed by atoms with Gasteiger partial charge < -0.3 is 10.6 Å². The van der Waals surface area contributed by atoms with Gasteiger partial charge in [-0.3, -0.25) is 9.59 Å². The van der Waals surface area contributed by atoms with Crippen LogP contribution in [0.2, 0.25) is 0 Å². The molecule has 8 heteroatoms. The van der Waals surface area contributed by atoms with Crippen LogP contribution in [0.1, 0.15) is 29.4 Å². The molecular formula is C17H18N4O2S2. The van der Waals surface area contributed by atoms with Gasteiger partial charge >= 0.3 is 0 Å². The zero-order valence-corrected chi connectivity index (χ0v) is 15.5. The molecule has 25 heavy (non-hydrogen) atoms. The molecular weight excluding hydrogens is 356 g/mol. The van der Waals surface area contributed by atoms with Gasteiger partial charge in [0.2, 0.25) is 5.91 Å². The quantitative estimate of drug-likeness (QED) is 0.726. The minimum absolute atomic E-state index is 0.151. The van der Waals surface area contributed by atoms with Crippen LogP contribution in [0, 0.1) is 18.3 Å². The molecule has 0 radical (unpaired) electrons. The number of nitrogens with one attached hydrogen (secondary N) is 2. The van der Waals surface area contributed by atoms with Crippen molar-refractivity contribution in [3.8, 4) is 6.07 Å². The van der Waals surface area contributed by atoms with Crippen LogP contribution in [0.25, 0.3) is 0 Å². The van der Waals surface area contributed by atoms with Crippen molar-refractivity contribution in [1.82, 2.24) is 10.3 Å². The van der Waals surface area contributed by atoms with Gasteiger partial charge in [0.15, 0.2) is 5.13 Å². The van der Waals surface area contributed by atoms with Gasteiger partial charge in [0.25, 0.3) is 5.91 Å². The Morgan fingerprint density at radius 2 is 2.08 bits per heavy atom. The van der Waals surface area contributed by atoms with E-state index in [0.717, 1.165) is 9.90 Å². The number of nitriles is 1. The Bertz CT molecular complexity index is 784. The number of rotatable bonds is 7. The number of hydrogen-bond donors (Lipinski definition) is 2. The van der Waals surface area contributed by atoms with Crippen LogP contribution < -0.4 is 10.6 Å². The summed E-state index contributed by atoms with van der Waals surface area (Å²) in [5.41, 5.74) is 1.36. The van der Waals surface area contributed by atoms with Crippen LogP contribution in [-0.4, -0.2) is 28.6 Å². The molecule has 0 bridgehead atoms. The van der Waals surface area contributed by atoms with E-state index in [0.29, 0.717) is 16.4 Å². The molecule has 0 fully saturated rings. The predicted molar refractivity (Wildman–Crippen MR) is 99.8 cm³/mol. The number of anilines is 1. The molecule has 0 saturated heterocycles. The van der Waals surface area contributed by atoms with Gasteiger partial charge in [0, 0.05) is 18.0 Å². The molecule has 6 nitrogen and oxygen atoms in total. The molecule has 0 saturated carbocycles. The maximum Gasteiger partial charge on any atom is 0.251 e. The highest BCUT2D eigenvalue weighted by Crippen LogP contribution is 2.31. The lowest BCUT2D eigenvalue weighted by molar-refractivity contribution is -0.116. The Balaban J connectivity index is 1.85. The first-order valence-corrected chi connectivity index (χ1v) is 9.42. The summed E-state index contributed by atoms with van der Waals surface area (Å²) in [6.07, 6.45) is 0.151. The molecule has 130 valence electrons. The van der Waals surface area contributed by atoms with Gasteiger partial charge in [-0.05, 0) is 26.0 Å². The first-order chi connectivity index (χ1) is 12.0. The SMILES string of the molecule is Cc1nc(NC(=O)C[C@@H](C)NC(=O)c2ccccc2)sc1SCC#N. The van der Waals surface area contributed by atoms with E-state index in [4.69, 9.17) is 5.26 Å². The lowest BCUT2D eigenvalue weighted by Gasteiger charge is -2.13. The Morgan fingerprint density at radius 1 is 1.36 bits per heavy atom. The Hall–Kier alpha value is -2.37. The molecule has 0 aliphatic rings. The van der Waals surface area contributed by atoms with Crippen LogP contribution in [-0.2, 0) is 4.79 Å². The molecule has 1 aromatic carbocycles. The molecule has 0 aliphatic heterocycles. The van der Waals surface area contributed by atoms with Crippen molar-refractivity contribution in [1.29, 1.82) is 5.26 Å². The number of thioether (sulfide) groups is 1. The number of nitrogens with zero attached hydrogens (tertiary/aromatic N) is 2. The molecule has 1 atom stereocenters. The lowest BCUT2D eigenvalue weighted by Crippen LogP contribution is -2.35. The van der Waals surface area contributed by atoms with Crippen molar-refractivity contribution < 1.29 is 9.59 Å². The summed E-state index contributed by atoms with van der Waals surface area (Å²) >= 11 is 2.75. The second-order valence-corrected chi connectivity index (χ2v) is 7.57. The first-order valence-electron chi connectivity index (χ1n) is 7.62. The zero-order chi connectivity index (χ0) is 18.2. The van der Waals surface area contributed by atoms with Gasteiger partial charge in [-0.2, -0.15) is 5.26 Å². The normalized spacial score (nSPS) is 11.4. The molecule has 1 aromatic heterocycles. The largest absolute Gasteiger partial charge is 0.349 e. The molecule has 0 aliphatic carbocycles. The zero-order valence-electron chi connectivity index (χ0n) is 13.9. The average molecular weight is 374 g/mol. The van der Waals surface area contributed by atoms with Crippen LogP contribution >= 0.6 is 23.1 Å². The number of aryl methyl sites for hydroxylation is 1. The highest BCUT2D eigenvalue weighted by molar-refractivity contribution is 8.01. The smallest absolute Gasteiger partial charge is 0.251 e. The van der Waals surface area contributed by atoms with Crippen LogP contribution in [0.5, 0.6) is 0 Å². The van der Waals surface area contributed by atoms with E-state index in [9.17, 15) is 9.59 Å². The highest BCUT2D eigenvalue weighted by atomic mass is 32.2. The highest BCUT2D eigenvalue weighted by Gasteiger charge is 2.15. The fourth-order valence-corrected chi connectivity index (χ4v) is 3.88. The van der Waals surface area contributed by atoms with E-state index < -0.39 is 0 Å². The fraction of sp³-hybridized carbons (Fsp3) is 0.294. The number of thiazole rings is 1. The Labute approximate surface area is 154 Å². The summed E-state index contributed by atoms with van der Waals surface area (Å²) < 4.78 is 0.919. The van der Waals surface area contributed by atoms with E-state index in [2.05, 4.69) is 21.7 Å². The van der Waals surface area contributed by atoms with Gasteiger partial charge in [-0.15, -0.1) is 0 Å². The van der Waals surface area contributed by atoms with Crippen molar-refractivity contribution in [2.24, 2.45) is 0 Å². The standard InChI is InChI=1S/C17H18N4O2S2/c1-11(19-15(23)13-6-4-3-5-7-13)10-14(22)21-17-20-12(2)16(25-17)24-9-8-18/h3-7,11H,9-10H2,1-2H3,(H,19,23)(H,20,21,22)/t11-/m1/s1. The number of amides is 2. The van der Waals surface area contributed by atoms with Crippen LogP contribution in [0.15, 0.2) is 34.5 Å². The monoisotopic (exact) mass is 374 g/mol. The lowest BCUT2D eigenvalue weighted by atomic mass is 10.1. The van der Waals surface area contributed by atoms with Gasteiger partial charge in [0.1, 0.15) is 0 Å². The number of aromatic nitrogens is 1. The topological polar surface area (TPSA) is 94.9 Å². The first kappa shape index (κ1) is 19.0. The molecule has 2 aromatic rings. The molecule has 2 rings (SSSR count). The number of hydrogen-bond acceptors (Lipinski definition) is 6. The van der Waals surface area contributed by atoms with Crippen LogP contribution in [0.3, 0.4) is 0 Å². The summed E-state index contributed by atoms with van der Waals surface area (Å²) in [7, 11) is 0. The Morgan fingerprint density at radius 3 is 2.76 bits per heavy atom. The second kappa shape index (κ2) is 9.20. The summed E-state index contributed by atoms with van der Waals surface area (Å²) in [4.78, 5) is 28.5. The van der Waals surface area contributed by atoms with Crippen molar-refractivity contribution in [2.75, 3.05) is 11.1 Å². The van der Waals surface area contributed by atoms with Crippen molar-refractivity contribution in [3.63, 3.8) is 0 Å².